The van der Waals surface area contributed by atoms with E-state index in [-0.39, 0.29) is 24.1 Å². The summed E-state index contributed by atoms with van der Waals surface area (Å²) in [6.07, 6.45) is 0. The lowest BCUT2D eigenvalue weighted by atomic mass is 10.2. The number of halogens is 2. The highest BCUT2D eigenvalue weighted by Crippen LogP contribution is 2.22. The molecule has 7 nitrogen and oxygen atoms in total. The minimum absolute atomic E-state index is 0.163. The van der Waals surface area contributed by atoms with Crippen LogP contribution in [0.2, 0.25) is 10.0 Å². The summed E-state index contributed by atoms with van der Waals surface area (Å²) in [4.78, 5) is 24.7. The van der Waals surface area contributed by atoms with Crippen LogP contribution < -0.4 is 10.6 Å². The third-order valence-electron chi connectivity index (χ3n) is 4.44. The SMILES string of the molecule is CCn1c(CNC(=O)c2ccccc2Cl)nnc1SCC(=O)Nc1cc(Cl)ccc1C. The first-order chi connectivity index (χ1) is 14.9. The Morgan fingerprint density at radius 3 is 2.65 bits per heavy atom. The number of hydrogen-bond donors (Lipinski definition) is 2. The Labute approximate surface area is 194 Å². The van der Waals surface area contributed by atoms with Gasteiger partial charge in [0, 0.05) is 17.3 Å². The number of anilines is 1. The van der Waals surface area contributed by atoms with Gasteiger partial charge in [-0.3, -0.25) is 9.59 Å². The molecule has 31 heavy (non-hydrogen) atoms. The van der Waals surface area contributed by atoms with E-state index in [1.165, 1.54) is 11.8 Å². The van der Waals surface area contributed by atoms with Gasteiger partial charge in [0.15, 0.2) is 11.0 Å². The molecule has 2 amide bonds. The first-order valence-electron chi connectivity index (χ1n) is 9.52. The van der Waals surface area contributed by atoms with Crippen LogP contribution in [0.4, 0.5) is 5.69 Å². The molecule has 0 aliphatic heterocycles. The minimum Gasteiger partial charge on any atom is -0.345 e. The van der Waals surface area contributed by atoms with Gasteiger partial charge in [-0.25, -0.2) is 0 Å². The number of nitrogens with zero attached hydrogens (tertiary/aromatic N) is 3. The van der Waals surface area contributed by atoms with Gasteiger partial charge in [-0.1, -0.05) is 53.2 Å². The molecule has 10 heteroatoms. The van der Waals surface area contributed by atoms with Crippen molar-refractivity contribution < 1.29 is 9.59 Å². The lowest BCUT2D eigenvalue weighted by Gasteiger charge is -2.10. The number of thioether (sulfide) groups is 1. The van der Waals surface area contributed by atoms with Gasteiger partial charge in [-0.05, 0) is 43.7 Å². The van der Waals surface area contributed by atoms with Crippen LogP contribution in [-0.2, 0) is 17.9 Å². The monoisotopic (exact) mass is 477 g/mol. The smallest absolute Gasteiger partial charge is 0.253 e. The second-order valence-corrected chi connectivity index (χ2v) is 8.39. The zero-order valence-corrected chi connectivity index (χ0v) is 19.3. The molecular formula is C21H21Cl2N5O2S. The number of nitrogens with one attached hydrogen (secondary N) is 2. The molecule has 3 rings (SSSR count). The number of rotatable bonds is 8. The van der Waals surface area contributed by atoms with E-state index in [0.29, 0.717) is 38.8 Å². The van der Waals surface area contributed by atoms with Gasteiger partial charge in [0.2, 0.25) is 5.91 Å². The lowest BCUT2D eigenvalue weighted by molar-refractivity contribution is -0.113. The summed E-state index contributed by atoms with van der Waals surface area (Å²) in [6.45, 7) is 4.64. The number of carbonyl (C=O) groups is 2. The van der Waals surface area contributed by atoms with Gasteiger partial charge in [0.25, 0.3) is 5.91 Å². The third-order valence-corrected chi connectivity index (χ3v) is 5.97. The molecule has 0 saturated heterocycles. The van der Waals surface area contributed by atoms with Crippen LogP contribution in [0.1, 0.15) is 28.7 Å². The van der Waals surface area contributed by atoms with Crippen molar-refractivity contribution in [2.75, 3.05) is 11.1 Å². The van der Waals surface area contributed by atoms with E-state index in [9.17, 15) is 9.59 Å². The Bertz CT molecular complexity index is 1100. The maximum absolute atomic E-state index is 12.4. The Hall–Kier alpha value is -2.55. The molecule has 0 spiro atoms. The number of amides is 2. The summed E-state index contributed by atoms with van der Waals surface area (Å²) >= 11 is 13.3. The van der Waals surface area contributed by atoms with E-state index in [1.54, 1.807) is 36.4 Å². The molecule has 0 bridgehead atoms. The average molecular weight is 478 g/mol. The molecule has 0 atom stereocenters. The molecule has 1 aromatic heterocycles. The van der Waals surface area contributed by atoms with E-state index >= 15 is 0 Å². The van der Waals surface area contributed by atoms with Crippen LogP contribution in [0.15, 0.2) is 47.6 Å². The number of benzene rings is 2. The fourth-order valence-corrected chi connectivity index (χ4v) is 4.03. The van der Waals surface area contributed by atoms with E-state index in [1.807, 2.05) is 24.5 Å². The summed E-state index contributed by atoms with van der Waals surface area (Å²) in [5.74, 6) is 0.295. The molecular weight excluding hydrogens is 457 g/mol. The highest BCUT2D eigenvalue weighted by atomic mass is 35.5. The van der Waals surface area contributed by atoms with Crippen molar-refractivity contribution in [1.82, 2.24) is 20.1 Å². The Balaban J connectivity index is 1.59. The van der Waals surface area contributed by atoms with Crippen molar-refractivity contribution in [1.29, 1.82) is 0 Å². The Morgan fingerprint density at radius 2 is 1.90 bits per heavy atom. The molecule has 2 aromatic carbocycles. The second kappa shape index (κ2) is 10.7. The van der Waals surface area contributed by atoms with Gasteiger partial charge in [-0.2, -0.15) is 0 Å². The van der Waals surface area contributed by atoms with Gasteiger partial charge in [0.05, 0.1) is 22.9 Å². The summed E-state index contributed by atoms with van der Waals surface area (Å²) in [5, 5.41) is 15.5. The fourth-order valence-electron chi connectivity index (χ4n) is 2.82. The van der Waals surface area contributed by atoms with Gasteiger partial charge in [0.1, 0.15) is 0 Å². The minimum atomic E-state index is -0.290. The van der Waals surface area contributed by atoms with Crippen LogP contribution in [0.5, 0.6) is 0 Å². The summed E-state index contributed by atoms with van der Waals surface area (Å²) < 4.78 is 1.86. The third kappa shape index (κ3) is 6.00. The Morgan fingerprint density at radius 1 is 1.13 bits per heavy atom. The normalized spacial score (nSPS) is 10.7. The molecule has 3 aromatic rings. The molecule has 0 aliphatic rings. The molecule has 1 heterocycles. The van der Waals surface area contributed by atoms with Crippen molar-refractivity contribution >= 4 is 52.5 Å². The first-order valence-corrected chi connectivity index (χ1v) is 11.3. The van der Waals surface area contributed by atoms with Crippen LogP contribution >= 0.6 is 35.0 Å². The maximum Gasteiger partial charge on any atom is 0.253 e. The lowest BCUT2D eigenvalue weighted by Crippen LogP contribution is -2.25. The molecule has 2 N–H and O–H groups in total. The van der Waals surface area contributed by atoms with E-state index in [4.69, 9.17) is 23.2 Å². The van der Waals surface area contributed by atoms with Crippen molar-refractivity contribution in [2.24, 2.45) is 0 Å². The maximum atomic E-state index is 12.4. The van der Waals surface area contributed by atoms with Crippen LogP contribution in [0.25, 0.3) is 0 Å². The number of aryl methyl sites for hydroxylation is 1. The molecule has 0 fully saturated rings. The quantitative estimate of drug-likeness (QED) is 0.463. The highest BCUT2D eigenvalue weighted by Gasteiger charge is 2.16. The van der Waals surface area contributed by atoms with E-state index in [0.717, 1.165) is 5.56 Å². The van der Waals surface area contributed by atoms with Crippen LogP contribution in [0.3, 0.4) is 0 Å². The van der Waals surface area contributed by atoms with Gasteiger partial charge in [-0.15, -0.1) is 10.2 Å². The predicted octanol–water partition coefficient (Wildman–Crippen LogP) is 4.57. The number of hydrogen-bond acceptors (Lipinski definition) is 5. The molecule has 0 saturated carbocycles. The largest absolute Gasteiger partial charge is 0.345 e. The second-order valence-electron chi connectivity index (χ2n) is 6.60. The number of carbonyl (C=O) groups excluding carboxylic acids is 2. The molecule has 0 aliphatic carbocycles. The molecule has 0 radical (unpaired) electrons. The zero-order valence-electron chi connectivity index (χ0n) is 17.0. The fraction of sp³-hybridized carbons (Fsp3) is 0.238. The topological polar surface area (TPSA) is 88.9 Å². The summed E-state index contributed by atoms with van der Waals surface area (Å²) in [5.41, 5.74) is 2.00. The predicted molar refractivity (Wildman–Crippen MR) is 124 cm³/mol. The van der Waals surface area contributed by atoms with Crippen molar-refractivity contribution in [3.63, 3.8) is 0 Å². The van der Waals surface area contributed by atoms with Gasteiger partial charge >= 0.3 is 0 Å². The van der Waals surface area contributed by atoms with Crippen molar-refractivity contribution in [2.45, 2.75) is 32.1 Å². The number of aromatic nitrogens is 3. The summed E-state index contributed by atoms with van der Waals surface area (Å²) in [7, 11) is 0. The molecule has 162 valence electrons. The Kier molecular flexibility index (Phi) is 7.95. The van der Waals surface area contributed by atoms with Gasteiger partial charge < -0.3 is 15.2 Å². The zero-order chi connectivity index (χ0) is 22.4. The standard InChI is InChI=1S/C21H21Cl2N5O2S/c1-3-28-18(11-24-20(30)15-6-4-5-7-16(15)23)26-27-21(28)31-12-19(29)25-17-10-14(22)9-8-13(17)2/h4-10H,3,11-12H2,1-2H3,(H,24,30)(H,25,29). The first kappa shape index (κ1) is 23.1. The van der Waals surface area contributed by atoms with Crippen LogP contribution in [0, 0.1) is 6.92 Å². The van der Waals surface area contributed by atoms with E-state index < -0.39 is 0 Å². The average Bonchev–Trinajstić information content (AvgIpc) is 3.15. The summed E-state index contributed by atoms with van der Waals surface area (Å²) in [6, 6.07) is 12.2. The van der Waals surface area contributed by atoms with Crippen molar-refractivity contribution in [3.8, 4) is 0 Å². The van der Waals surface area contributed by atoms with E-state index in [2.05, 4.69) is 20.8 Å². The van der Waals surface area contributed by atoms with Crippen molar-refractivity contribution in [3.05, 3.63) is 69.5 Å². The highest BCUT2D eigenvalue weighted by molar-refractivity contribution is 7.99. The van der Waals surface area contributed by atoms with Crippen LogP contribution in [-0.4, -0.2) is 32.3 Å². The molecule has 0 unspecified atom stereocenters.